The molecule has 2 rings (SSSR count). The van der Waals surface area contributed by atoms with Crippen molar-refractivity contribution in [1.82, 2.24) is 9.97 Å². The number of rotatable bonds is 4. The van der Waals surface area contributed by atoms with Crippen LogP contribution in [0.2, 0.25) is 5.02 Å². The normalized spacial score (nSPS) is 10.3. The number of hydrogen-bond acceptors (Lipinski definition) is 4. The maximum Gasteiger partial charge on any atom is 0.222 e. The summed E-state index contributed by atoms with van der Waals surface area (Å²) in [6.45, 7) is 0.551. The first-order chi connectivity index (χ1) is 8.65. The zero-order valence-corrected chi connectivity index (χ0v) is 10.3. The van der Waals surface area contributed by atoms with Crippen molar-refractivity contribution < 1.29 is 4.39 Å². The molecule has 0 spiro atoms. The molecular formula is C12H12ClFN4. The van der Waals surface area contributed by atoms with Crippen LogP contribution in [0.25, 0.3) is 0 Å². The van der Waals surface area contributed by atoms with Gasteiger partial charge >= 0.3 is 0 Å². The number of hydrogen-bond donors (Lipinski definition) is 2. The van der Waals surface area contributed by atoms with E-state index in [-0.39, 0.29) is 11.8 Å². The van der Waals surface area contributed by atoms with Gasteiger partial charge in [-0.05, 0) is 24.1 Å². The lowest BCUT2D eigenvalue weighted by Gasteiger charge is -2.06. The molecule has 0 saturated heterocycles. The Morgan fingerprint density at radius 3 is 2.72 bits per heavy atom. The number of nitrogens with zero attached hydrogens (tertiary/aromatic N) is 2. The monoisotopic (exact) mass is 266 g/mol. The van der Waals surface area contributed by atoms with Crippen molar-refractivity contribution in [3.05, 3.63) is 46.9 Å². The van der Waals surface area contributed by atoms with Crippen molar-refractivity contribution in [3.63, 3.8) is 0 Å². The van der Waals surface area contributed by atoms with Gasteiger partial charge in [0.15, 0.2) is 11.6 Å². The molecule has 4 nitrogen and oxygen atoms in total. The molecule has 1 aromatic carbocycles. The Bertz CT molecular complexity index is 530. The summed E-state index contributed by atoms with van der Waals surface area (Å²) in [7, 11) is 0. The van der Waals surface area contributed by atoms with Crippen LogP contribution in [-0.2, 0) is 6.42 Å². The highest BCUT2D eigenvalue weighted by atomic mass is 35.5. The molecule has 1 aromatic heterocycles. The number of aromatic nitrogens is 2. The third-order valence-corrected chi connectivity index (χ3v) is 2.63. The number of nitrogen functional groups attached to an aromatic ring is 1. The summed E-state index contributed by atoms with van der Waals surface area (Å²) < 4.78 is 13.3. The van der Waals surface area contributed by atoms with Crippen LogP contribution < -0.4 is 11.1 Å². The van der Waals surface area contributed by atoms with E-state index in [0.29, 0.717) is 11.6 Å². The Kier molecular flexibility index (Phi) is 3.94. The third kappa shape index (κ3) is 3.30. The molecule has 0 bridgehead atoms. The van der Waals surface area contributed by atoms with E-state index >= 15 is 0 Å². The van der Waals surface area contributed by atoms with E-state index in [0.717, 1.165) is 18.2 Å². The van der Waals surface area contributed by atoms with Crippen LogP contribution in [-0.4, -0.2) is 16.5 Å². The molecular weight excluding hydrogens is 255 g/mol. The van der Waals surface area contributed by atoms with Gasteiger partial charge in [0.1, 0.15) is 0 Å². The van der Waals surface area contributed by atoms with Crippen LogP contribution in [0.4, 0.5) is 16.2 Å². The van der Waals surface area contributed by atoms with Gasteiger partial charge in [0, 0.05) is 11.6 Å². The Morgan fingerprint density at radius 1 is 1.28 bits per heavy atom. The zero-order valence-electron chi connectivity index (χ0n) is 9.53. The fourth-order valence-corrected chi connectivity index (χ4v) is 1.61. The van der Waals surface area contributed by atoms with E-state index in [9.17, 15) is 4.39 Å². The predicted octanol–water partition coefficient (Wildman–Crippen LogP) is 2.51. The number of nitrogens with two attached hydrogens (primary N) is 1. The average Bonchev–Trinajstić information content (AvgIpc) is 2.36. The minimum Gasteiger partial charge on any atom is -0.368 e. The molecule has 2 aromatic rings. The first-order valence-electron chi connectivity index (χ1n) is 5.41. The molecule has 0 atom stereocenters. The van der Waals surface area contributed by atoms with Gasteiger partial charge < -0.3 is 11.1 Å². The minimum absolute atomic E-state index is 0.0467. The van der Waals surface area contributed by atoms with Gasteiger partial charge in [-0.25, -0.2) is 9.37 Å². The lowest BCUT2D eigenvalue weighted by molar-refractivity contribution is 0.617. The van der Waals surface area contributed by atoms with Crippen molar-refractivity contribution in [2.24, 2.45) is 0 Å². The number of anilines is 2. The molecule has 0 radical (unpaired) electrons. The fraction of sp³-hybridized carbons (Fsp3) is 0.167. The molecule has 94 valence electrons. The topological polar surface area (TPSA) is 63.8 Å². The molecule has 0 saturated carbocycles. The standard InChI is InChI=1S/C12H12ClFN4/c13-9-3-1-8(2-4-9)5-6-16-11-10(14)7-17-12(15)18-11/h1-4,7H,5-6H2,(H3,15,16,17,18). The van der Waals surface area contributed by atoms with Gasteiger partial charge in [-0.15, -0.1) is 0 Å². The van der Waals surface area contributed by atoms with Gasteiger partial charge in [0.05, 0.1) is 6.20 Å². The number of benzene rings is 1. The van der Waals surface area contributed by atoms with Crippen molar-refractivity contribution in [1.29, 1.82) is 0 Å². The molecule has 0 aliphatic heterocycles. The average molecular weight is 267 g/mol. The molecule has 0 aliphatic carbocycles. The Balaban J connectivity index is 1.92. The Morgan fingerprint density at radius 2 is 2.00 bits per heavy atom. The van der Waals surface area contributed by atoms with Gasteiger partial charge in [-0.3, -0.25) is 0 Å². The van der Waals surface area contributed by atoms with E-state index < -0.39 is 5.82 Å². The van der Waals surface area contributed by atoms with Crippen molar-refractivity contribution in [3.8, 4) is 0 Å². The highest BCUT2D eigenvalue weighted by molar-refractivity contribution is 6.30. The fourth-order valence-electron chi connectivity index (χ4n) is 1.48. The van der Waals surface area contributed by atoms with Crippen LogP contribution in [0.3, 0.4) is 0 Å². The molecule has 18 heavy (non-hydrogen) atoms. The minimum atomic E-state index is -0.514. The molecule has 1 heterocycles. The predicted molar refractivity (Wildman–Crippen MR) is 70.0 cm³/mol. The first-order valence-corrected chi connectivity index (χ1v) is 5.79. The zero-order chi connectivity index (χ0) is 13.0. The Hall–Kier alpha value is -1.88. The highest BCUT2D eigenvalue weighted by Crippen LogP contribution is 2.12. The second-order valence-electron chi connectivity index (χ2n) is 3.73. The van der Waals surface area contributed by atoms with E-state index in [1.165, 1.54) is 0 Å². The lowest BCUT2D eigenvalue weighted by atomic mass is 10.1. The van der Waals surface area contributed by atoms with Gasteiger partial charge in [-0.2, -0.15) is 4.98 Å². The SMILES string of the molecule is Nc1ncc(F)c(NCCc2ccc(Cl)cc2)n1. The van der Waals surface area contributed by atoms with Crippen molar-refractivity contribution in [2.75, 3.05) is 17.6 Å². The maximum absolute atomic E-state index is 13.3. The summed E-state index contributed by atoms with van der Waals surface area (Å²) >= 11 is 5.78. The maximum atomic E-state index is 13.3. The molecule has 0 amide bonds. The third-order valence-electron chi connectivity index (χ3n) is 2.38. The quantitative estimate of drug-likeness (QED) is 0.892. The van der Waals surface area contributed by atoms with E-state index in [1.807, 2.05) is 24.3 Å². The van der Waals surface area contributed by atoms with Crippen LogP contribution in [0.1, 0.15) is 5.56 Å². The molecule has 0 aliphatic rings. The van der Waals surface area contributed by atoms with Crippen LogP contribution in [0.5, 0.6) is 0 Å². The van der Waals surface area contributed by atoms with Crippen LogP contribution in [0, 0.1) is 5.82 Å². The molecule has 6 heteroatoms. The largest absolute Gasteiger partial charge is 0.368 e. The van der Waals surface area contributed by atoms with Gasteiger partial charge in [0.2, 0.25) is 5.95 Å². The summed E-state index contributed by atoms with van der Waals surface area (Å²) in [6, 6.07) is 7.49. The first kappa shape index (κ1) is 12.6. The molecule has 3 N–H and O–H groups in total. The highest BCUT2D eigenvalue weighted by Gasteiger charge is 2.04. The number of halogens is 2. The van der Waals surface area contributed by atoms with Gasteiger partial charge in [0.25, 0.3) is 0 Å². The lowest BCUT2D eigenvalue weighted by Crippen LogP contribution is -2.09. The summed E-state index contributed by atoms with van der Waals surface area (Å²) in [5, 5.41) is 3.57. The van der Waals surface area contributed by atoms with Crippen molar-refractivity contribution in [2.45, 2.75) is 6.42 Å². The smallest absolute Gasteiger partial charge is 0.222 e. The van der Waals surface area contributed by atoms with Crippen molar-refractivity contribution >= 4 is 23.4 Å². The van der Waals surface area contributed by atoms with E-state index in [2.05, 4.69) is 15.3 Å². The van der Waals surface area contributed by atoms with Crippen LogP contribution in [0.15, 0.2) is 30.5 Å². The summed E-state index contributed by atoms with van der Waals surface area (Å²) in [5.74, 6) is -0.345. The molecule has 0 fully saturated rings. The number of nitrogens with one attached hydrogen (secondary N) is 1. The second-order valence-corrected chi connectivity index (χ2v) is 4.16. The summed E-state index contributed by atoms with van der Waals surface area (Å²) in [5.41, 5.74) is 6.49. The van der Waals surface area contributed by atoms with Gasteiger partial charge in [-0.1, -0.05) is 23.7 Å². The summed E-state index contributed by atoms with van der Waals surface area (Å²) in [6.07, 6.45) is 1.79. The van der Waals surface area contributed by atoms with E-state index in [1.54, 1.807) is 0 Å². The molecule has 0 unspecified atom stereocenters. The second kappa shape index (κ2) is 5.64. The Labute approximate surface area is 109 Å². The van der Waals surface area contributed by atoms with E-state index in [4.69, 9.17) is 17.3 Å². The summed E-state index contributed by atoms with van der Waals surface area (Å²) in [4.78, 5) is 7.33. The van der Waals surface area contributed by atoms with Crippen LogP contribution >= 0.6 is 11.6 Å².